The lowest BCUT2D eigenvalue weighted by Gasteiger charge is -2.30. The number of benzene rings is 2. The standard InChI is InChI=1S/C17H22NOP/c1-3-18(4-2)20(19,17-13-9-6-10-14-17)15-16-11-7-5-8-12-16/h5-14H,3-4,15H2,1-2H3. The first kappa shape index (κ1) is 15.0. The molecule has 3 heteroatoms. The second-order valence-corrected chi connectivity index (χ2v) is 7.62. The van der Waals surface area contributed by atoms with Crippen LogP contribution in [-0.4, -0.2) is 17.8 Å². The Bertz CT molecular complexity index is 564. The summed E-state index contributed by atoms with van der Waals surface area (Å²) in [6.07, 6.45) is 0.597. The van der Waals surface area contributed by atoms with Gasteiger partial charge in [0.1, 0.15) is 0 Å². The molecule has 0 saturated heterocycles. The summed E-state index contributed by atoms with van der Waals surface area (Å²) in [6.45, 7) is 5.75. The van der Waals surface area contributed by atoms with Crippen molar-refractivity contribution in [3.8, 4) is 0 Å². The Kier molecular flexibility index (Phi) is 5.17. The first-order chi connectivity index (χ1) is 9.70. The smallest absolute Gasteiger partial charge is 0.182 e. The Balaban J connectivity index is 2.42. The molecule has 2 rings (SSSR count). The minimum absolute atomic E-state index is 0.597. The molecule has 1 unspecified atom stereocenters. The molecule has 0 aliphatic heterocycles. The van der Waals surface area contributed by atoms with Crippen LogP contribution in [0.25, 0.3) is 0 Å². The summed E-state index contributed by atoms with van der Waals surface area (Å²) in [7, 11) is -2.57. The SMILES string of the molecule is CCN(CC)P(=O)(Cc1ccccc1)c1ccccc1. The van der Waals surface area contributed by atoms with Crippen molar-refractivity contribution in [1.29, 1.82) is 0 Å². The van der Waals surface area contributed by atoms with Crippen LogP contribution in [0.1, 0.15) is 19.4 Å². The van der Waals surface area contributed by atoms with Crippen molar-refractivity contribution < 1.29 is 4.57 Å². The molecule has 0 amide bonds. The summed E-state index contributed by atoms with van der Waals surface area (Å²) in [5, 5.41) is 0.951. The van der Waals surface area contributed by atoms with E-state index < -0.39 is 7.29 Å². The largest absolute Gasteiger partial charge is 0.301 e. The zero-order chi connectivity index (χ0) is 14.4. The second kappa shape index (κ2) is 6.88. The topological polar surface area (TPSA) is 20.3 Å². The average Bonchev–Trinajstić information content (AvgIpc) is 2.50. The van der Waals surface area contributed by atoms with E-state index in [0.29, 0.717) is 6.16 Å². The molecule has 2 aromatic carbocycles. The minimum atomic E-state index is -2.57. The molecule has 1 atom stereocenters. The van der Waals surface area contributed by atoms with Crippen molar-refractivity contribution in [1.82, 2.24) is 4.67 Å². The summed E-state index contributed by atoms with van der Waals surface area (Å²) < 4.78 is 15.8. The van der Waals surface area contributed by atoms with Gasteiger partial charge in [0.2, 0.25) is 0 Å². The normalized spacial score (nSPS) is 14.2. The maximum atomic E-state index is 13.7. The van der Waals surface area contributed by atoms with Gasteiger partial charge in [0.15, 0.2) is 7.29 Å². The van der Waals surface area contributed by atoms with Crippen molar-refractivity contribution >= 4 is 12.6 Å². The highest BCUT2D eigenvalue weighted by Gasteiger charge is 2.30. The molecular weight excluding hydrogens is 265 g/mol. The zero-order valence-corrected chi connectivity index (χ0v) is 13.1. The van der Waals surface area contributed by atoms with E-state index in [4.69, 9.17) is 0 Å². The van der Waals surface area contributed by atoms with Crippen LogP contribution in [0.2, 0.25) is 0 Å². The van der Waals surface area contributed by atoms with Gasteiger partial charge in [-0.25, -0.2) is 4.67 Å². The fraction of sp³-hybridized carbons (Fsp3) is 0.294. The number of hydrogen-bond acceptors (Lipinski definition) is 1. The maximum absolute atomic E-state index is 13.7. The summed E-state index contributed by atoms with van der Waals surface area (Å²) in [5.74, 6) is 0. The second-order valence-electron chi connectivity index (χ2n) is 4.82. The van der Waals surface area contributed by atoms with E-state index in [1.54, 1.807) is 0 Å². The van der Waals surface area contributed by atoms with E-state index >= 15 is 0 Å². The quantitative estimate of drug-likeness (QED) is 0.744. The lowest BCUT2D eigenvalue weighted by molar-refractivity contribution is 0.449. The third-order valence-corrected chi connectivity index (χ3v) is 6.96. The van der Waals surface area contributed by atoms with Gasteiger partial charge in [-0.1, -0.05) is 74.5 Å². The first-order valence-corrected chi connectivity index (χ1v) is 8.99. The van der Waals surface area contributed by atoms with Gasteiger partial charge in [-0.05, 0) is 5.56 Å². The van der Waals surface area contributed by atoms with Crippen molar-refractivity contribution in [3.63, 3.8) is 0 Å². The average molecular weight is 287 g/mol. The van der Waals surface area contributed by atoms with Gasteiger partial charge in [-0.3, -0.25) is 0 Å². The molecule has 0 radical (unpaired) electrons. The van der Waals surface area contributed by atoms with Gasteiger partial charge in [0, 0.05) is 24.6 Å². The highest BCUT2D eigenvalue weighted by molar-refractivity contribution is 7.68. The third kappa shape index (κ3) is 3.20. The Labute approximate surface area is 121 Å². The van der Waals surface area contributed by atoms with Crippen LogP contribution in [-0.2, 0) is 10.7 Å². The van der Waals surface area contributed by atoms with Crippen LogP contribution < -0.4 is 5.30 Å². The Morgan fingerprint density at radius 2 is 1.35 bits per heavy atom. The molecule has 0 heterocycles. The van der Waals surface area contributed by atoms with Gasteiger partial charge in [-0.2, -0.15) is 0 Å². The fourth-order valence-electron chi connectivity index (χ4n) is 2.53. The molecule has 0 N–H and O–H groups in total. The Hall–Kier alpha value is -1.37. The predicted molar refractivity (Wildman–Crippen MR) is 86.7 cm³/mol. The fourth-order valence-corrected chi connectivity index (χ4v) is 5.49. The van der Waals surface area contributed by atoms with Gasteiger partial charge in [0.05, 0.1) is 0 Å². The van der Waals surface area contributed by atoms with Crippen molar-refractivity contribution in [2.75, 3.05) is 13.1 Å². The number of nitrogens with zero attached hydrogens (tertiary/aromatic N) is 1. The molecule has 0 aliphatic carbocycles. The first-order valence-electron chi connectivity index (χ1n) is 7.14. The molecule has 2 nitrogen and oxygen atoms in total. The van der Waals surface area contributed by atoms with Crippen LogP contribution in [0.5, 0.6) is 0 Å². The van der Waals surface area contributed by atoms with Crippen molar-refractivity contribution in [2.45, 2.75) is 20.0 Å². The van der Waals surface area contributed by atoms with E-state index in [1.165, 1.54) is 0 Å². The molecule has 106 valence electrons. The Morgan fingerprint density at radius 1 is 0.850 bits per heavy atom. The van der Waals surface area contributed by atoms with Gasteiger partial charge < -0.3 is 4.57 Å². The lowest BCUT2D eigenvalue weighted by Crippen LogP contribution is -2.27. The van der Waals surface area contributed by atoms with E-state index in [-0.39, 0.29) is 0 Å². The molecule has 0 fully saturated rings. The molecule has 2 aromatic rings. The van der Waals surface area contributed by atoms with Gasteiger partial charge in [0.25, 0.3) is 0 Å². The van der Waals surface area contributed by atoms with E-state index in [0.717, 1.165) is 24.0 Å². The summed E-state index contributed by atoms with van der Waals surface area (Å²) in [4.78, 5) is 0. The maximum Gasteiger partial charge on any atom is 0.182 e. The van der Waals surface area contributed by atoms with Crippen LogP contribution in [0.4, 0.5) is 0 Å². The molecule has 0 aromatic heterocycles. The van der Waals surface area contributed by atoms with E-state index in [1.807, 2.05) is 48.5 Å². The summed E-state index contributed by atoms with van der Waals surface area (Å²) >= 11 is 0. The lowest BCUT2D eigenvalue weighted by atomic mass is 10.2. The molecule has 0 aliphatic rings. The molecule has 0 bridgehead atoms. The molecule has 0 saturated carbocycles. The molecule has 0 spiro atoms. The molecular formula is C17H22NOP. The monoisotopic (exact) mass is 287 g/mol. The van der Waals surface area contributed by atoms with Gasteiger partial charge in [-0.15, -0.1) is 0 Å². The summed E-state index contributed by atoms with van der Waals surface area (Å²) in [5.41, 5.74) is 1.13. The van der Waals surface area contributed by atoms with E-state index in [2.05, 4.69) is 30.7 Å². The Morgan fingerprint density at radius 3 is 1.85 bits per heavy atom. The van der Waals surface area contributed by atoms with Crippen LogP contribution >= 0.6 is 7.29 Å². The van der Waals surface area contributed by atoms with E-state index in [9.17, 15) is 4.57 Å². The predicted octanol–water partition coefficient (Wildman–Crippen LogP) is 4.13. The number of hydrogen-bond donors (Lipinski definition) is 0. The highest BCUT2D eigenvalue weighted by atomic mass is 31.2. The third-order valence-electron chi connectivity index (χ3n) is 3.59. The van der Waals surface area contributed by atoms with Crippen molar-refractivity contribution in [3.05, 3.63) is 66.2 Å². The minimum Gasteiger partial charge on any atom is -0.301 e. The molecule has 20 heavy (non-hydrogen) atoms. The van der Waals surface area contributed by atoms with Gasteiger partial charge >= 0.3 is 0 Å². The van der Waals surface area contributed by atoms with Crippen LogP contribution in [0, 0.1) is 0 Å². The highest BCUT2D eigenvalue weighted by Crippen LogP contribution is 2.51. The zero-order valence-electron chi connectivity index (χ0n) is 12.2. The van der Waals surface area contributed by atoms with Crippen LogP contribution in [0.15, 0.2) is 60.7 Å². The number of rotatable bonds is 6. The van der Waals surface area contributed by atoms with Crippen LogP contribution in [0.3, 0.4) is 0 Å². The van der Waals surface area contributed by atoms with Crippen molar-refractivity contribution in [2.24, 2.45) is 0 Å². The summed E-state index contributed by atoms with van der Waals surface area (Å²) in [6, 6.07) is 20.0.